The van der Waals surface area contributed by atoms with Crippen molar-refractivity contribution in [3.63, 3.8) is 0 Å². The number of carbonyl (C=O) groups is 1. The highest BCUT2D eigenvalue weighted by atomic mass is 32.2. The Kier molecular flexibility index (Phi) is 7.41. The molecule has 11 heteroatoms. The van der Waals surface area contributed by atoms with Crippen molar-refractivity contribution in [1.82, 2.24) is 14.9 Å². The van der Waals surface area contributed by atoms with Gasteiger partial charge in [0.15, 0.2) is 9.84 Å². The van der Waals surface area contributed by atoms with E-state index < -0.39 is 21.3 Å². The van der Waals surface area contributed by atoms with Crippen LogP contribution in [0.25, 0.3) is 0 Å². The summed E-state index contributed by atoms with van der Waals surface area (Å²) in [5.74, 6) is 0.632. The summed E-state index contributed by atoms with van der Waals surface area (Å²) in [7, 11) is -3.49. The first-order chi connectivity index (χ1) is 15.4. The van der Waals surface area contributed by atoms with Crippen molar-refractivity contribution in [1.29, 1.82) is 0 Å². The zero-order valence-electron chi connectivity index (χ0n) is 19.3. The predicted octanol–water partition coefficient (Wildman–Crippen LogP) is 3.82. The van der Waals surface area contributed by atoms with E-state index in [1.165, 1.54) is 18.5 Å². The number of anilines is 3. The zero-order valence-corrected chi connectivity index (χ0v) is 20.1. The number of halogens is 1. The van der Waals surface area contributed by atoms with Gasteiger partial charge in [0.25, 0.3) is 0 Å². The topological polar surface area (TPSA) is 114 Å². The summed E-state index contributed by atoms with van der Waals surface area (Å²) >= 11 is 0. The highest BCUT2D eigenvalue weighted by molar-refractivity contribution is 7.90. The third kappa shape index (κ3) is 7.28. The highest BCUT2D eigenvalue weighted by Crippen LogP contribution is 2.24. The molecule has 1 fully saturated rings. The molecule has 1 saturated heterocycles. The van der Waals surface area contributed by atoms with Crippen LogP contribution < -0.4 is 10.6 Å². The molecule has 1 aromatic heterocycles. The maximum absolute atomic E-state index is 14.3. The molecule has 0 radical (unpaired) electrons. The summed E-state index contributed by atoms with van der Waals surface area (Å²) < 4.78 is 42.9. The van der Waals surface area contributed by atoms with Gasteiger partial charge in [-0.1, -0.05) is 0 Å². The number of hydrogen-bond acceptors (Lipinski definition) is 8. The van der Waals surface area contributed by atoms with Gasteiger partial charge in [-0.05, 0) is 57.7 Å². The van der Waals surface area contributed by atoms with Crippen molar-refractivity contribution in [2.75, 3.05) is 36.5 Å². The number of likely N-dealkylation sites (tertiary alicyclic amines) is 1. The number of rotatable bonds is 6. The number of aromatic nitrogens is 2. The highest BCUT2D eigenvalue weighted by Gasteiger charge is 2.26. The van der Waals surface area contributed by atoms with Gasteiger partial charge in [-0.2, -0.15) is 0 Å². The minimum atomic E-state index is -3.49. The lowest BCUT2D eigenvalue weighted by Gasteiger charge is -2.33. The molecule has 2 N–H and O–H groups in total. The van der Waals surface area contributed by atoms with Crippen molar-refractivity contribution in [3.05, 3.63) is 36.4 Å². The second-order valence-corrected chi connectivity index (χ2v) is 11.1. The van der Waals surface area contributed by atoms with Crippen molar-refractivity contribution in [2.45, 2.75) is 44.1 Å². The van der Waals surface area contributed by atoms with Crippen LogP contribution in [0.5, 0.6) is 0 Å². The molecule has 0 atom stereocenters. The van der Waals surface area contributed by atoms with E-state index in [9.17, 15) is 17.6 Å². The Morgan fingerprint density at radius 3 is 2.45 bits per heavy atom. The molecule has 33 heavy (non-hydrogen) atoms. The third-order valence-electron chi connectivity index (χ3n) is 5.14. The number of carbonyl (C=O) groups excluding carboxylic acids is 1. The van der Waals surface area contributed by atoms with Gasteiger partial charge < -0.3 is 20.3 Å². The van der Waals surface area contributed by atoms with E-state index in [1.54, 1.807) is 11.0 Å². The first-order valence-electron chi connectivity index (χ1n) is 10.7. The van der Waals surface area contributed by atoms with Crippen LogP contribution in [-0.2, 0) is 14.6 Å². The molecular formula is C22H30FN5O4S. The van der Waals surface area contributed by atoms with E-state index in [2.05, 4.69) is 20.6 Å². The summed E-state index contributed by atoms with van der Waals surface area (Å²) in [5, 5.41) is 6.11. The Bertz CT molecular complexity index is 1100. The lowest BCUT2D eigenvalue weighted by molar-refractivity contribution is 0.0188. The van der Waals surface area contributed by atoms with Crippen LogP contribution in [0.4, 0.5) is 26.5 Å². The van der Waals surface area contributed by atoms with Crippen molar-refractivity contribution < 1.29 is 22.3 Å². The molecule has 1 aliphatic heterocycles. The molecule has 180 valence electrons. The van der Waals surface area contributed by atoms with Gasteiger partial charge in [-0.15, -0.1) is 0 Å². The average Bonchev–Trinajstić information content (AvgIpc) is 2.72. The van der Waals surface area contributed by atoms with Gasteiger partial charge in [-0.25, -0.2) is 27.6 Å². The molecule has 3 rings (SSSR count). The maximum atomic E-state index is 14.3. The SMILES string of the molecule is CC(C)(C)OC(=O)N1CCC(CNc2cc(Nc3ccc(S(C)(=O)=O)cc3F)ncn2)CC1. The Hall–Kier alpha value is -2.95. The fourth-order valence-electron chi connectivity index (χ4n) is 3.38. The molecule has 0 bridgehead atoms. The normalized spacial score (nSPS) is 15.2. The zero-order chi connectivity index (χ0) is 24.2. The van der Waals surface area contributed by atoms with Gasteiger partial charge in [0.1, 0.15) is 29.4 Å². The quantitative estimate of drug-likeness (QED) is 0.643. The minimum Gasteiger partial charge on any atom is -0.444 e. The molecule has 1 aromatic carbocycles. The molecule has 2 heterocycles. The molecule has 1 aliphatic rings. The summed E-state index contributed by atoms with van der Waals surface area (Å²) in [6.07, 6.45) is 3.80. The van der Waals surface area contributed by atoms with Gasteiger partial charge in [0, 0.05) is 32.0 Å². The van der Waals surface area contributed by atoms with Crippen molar-refractivity contribution >= 4 is 33.3 Å². The van der Waals surface area contributed by atoms with E-state index >= 15 is 0 Å². The van der Waals surface area contributed by atoms with Crippen molar-refractivity contribution in [3.8, 4) is 0 Å². The monoisotopic (exact) mass is 479 g/mol. The second kappa shape index (κ2) is 9.90. The summed E-state index contributed by atoms with van der Waals surface area (Å²) in [5.41, 5.74) is -0.394. The number of piperidine rings is 1. The first-order valence-corrected chi connectivity index (χ1v) is 12.6. The molecule has 0 saturated carbocycles. The van der Waals surface area contributed by atoms with Gasteiger partial charge in [0.05, 0.1) is 10.6 Å². The lowest BCUT2D eigenvalue weighted by Crippen LogP contribution is -2.42. The van der Waals surface area contributed by atoms with E-state index in [1.807, 2.05) is 20.8 Å². The van der Waals surface area contributed by atoms with Crippen LogP contribution in [0.15, 0.2) is 35.5 Å². The number of sulfone groups is 1. The molecule has 1 amide bonds. The van der Waals surface area contributed by atoms with Crippen LogP contribution in [0.2, 0.25) is 0 Å². The Morgan fingerprint density at radius 2 is 1.85 bits per heavy atom. The van der Waals surface area contributed by atoms with E-state index in [4.69, 9.17) is 4.74 Å². The number of benzene rings is 1. The van der Waals surface area contributed by atoms with Gasteiger partial charge in [0.2, 0.25) is 0 Å². The Morgan fingerprint density at radius 1 is 1.18 bits per heavy atom. The van der Waals surface area contributed by atoms with Crippen LogP contribution in [0.3, 0.4) is 0 Å². The minimum absolute atomic E-state index is 0.0895. The molecular weight excluding hydrogens is 449 g/mol. The van der Waals surface area contributed by atoms with Crippen LogP contribution in [0.1, 0.15) is 33.6 Å². The van der Waals surface area contributed by atoms with Crippen LogP contribution >= 0.6 is 0 Å². The summed E-state index contributed by atoms with van der Waals surface area (Å²) in [6.45, 7) is 7.51. The molecule has 0 aliphatic carbocycles. The number of ether oxygens (including phenoxy) is 1. The third-order valence-corrected chi connectivity index (χ3v) is 6.25. The first kappa shape index (κ1) is 24.7. The second-order valence-electron chi connectivity index (χ2n) is 9.12. The van der Waals surface area contributed by atoms with E-state index in [0.717, 1.165) is 25.2 Å². The number of hydrogen-bond donors (Lipinski definition) is 2. The molecule has 2 aromatic rings. The fourth-order valence-corrected chi connectivity index (χ4v) is 4.02. The fraction of sp³-hybridized carbons (Fsp3) is 0.500. The van der Waals surface area contributed by atoms with Crippen LogP contribution in [-0.4, -0.2) is 60.9 Å². The average molecular weight is 480 g/mol. The summed E-state index contributed by atoms with van der Waals surface area (Å²) in [6, 6.07) is 5.32. The number of nitrogens with one attached hydrogen (secondary N) is 2. The Labute approximate surface area is 193 Å². The largest absolute Gasteiger partial charge is 0.444 e. The molecule has 0 unspecified atom stereocenters. The smallest absolute Gasteiger partial charge is 0.410 e. The van der Waals surface area contributed by atoms with Gasteiger partial charge in [-0.3, -0.25) is 0 Å². The summed E-state index contributed by atoms with van der Waals surface area (Å²) in [4.78, 5) is 22.1. The Balaban J connectivity index is 1.53. The number of nitrogens with zero attached hydrogens (tertiary/aromatic N) is 3. The van der Waals surface area contributed by atoms with Gasteiger partial charge >= 0.3 is 6.09 Å². The van der Waals surface area contributed by atoms with Crippen molar-refractivity contribution in [2.24, 2.45) is 5.92 Å². The maximum Gasteiger partial charge on any atom is 0.410 e. The van der Waals surface area contributed by atoms with Crippen LogP contribution in [0, 0.1) is 11.7 Å². The predicted molar refractivity (Wildman–Crippen MR) is 124 cm³/mol. The lowest BCUT2D eigenvalue weighted by atomic mass is 9.97. The standard InChI is InChI=1S/C22H30FN5O4S/c1-22(2,3)32-21(29)28-9-7-15(8-10-28)13-24-19-12-20(26-14-25-19)27-18-6-5-16(11-17(18)23)33(4,30)31/h5-6,11-12,14-15H,7-10,13H2,1-4H3,(H2,24,25,26,27). The molecule has 0 spiro atoms. The van der Waals surface area contributed by atoms with E-state index in [0.29, 0.717) is 37.2 Å². The van der Waals surface area contributed by atoms with E-state index in [-0.39, 0.29) is 16.7 Å². The molecule has 9 nitrogen and oxygen atoms in total. The number of amides is 1.